The number of benzene rings is 1. The predicted octanol–water partition coefficient (Wildman–Crippen LogP) is 1.25. The first kappa shape index (κ1) is 13.4. The van der Waals surface area contributed by atoms with Gasteiger partial charge in [0.25, 0.3) is 5.91 Å². The summed E-state index contributed by atoms with van der Waals surface area (Å²) in [6, 6.07) is 9.30. The summed E-state index contributed by atoms with van der Waals surface area (Å²) in [6.07, 6.45) is 2.32. The van der Waals surface area contributed by atoms with Crippen LogP contribution < -0.4 is 5.32 Å². The van der Waals surface area contributed by atoms with Crippen LogP contribution in [0.1, 0.15) is 12.5 Å². The average Bonchev–Trinajstić information content (AvgIpc) is 2.27. The Labute approximate surface area is 101 Å². The highest BCUT2D eigenvalue weighted by Crippen LogP contribution is 2.05. The Morgan fingerprint density at radius 3 is 2.35 bits per heavy atom. The normalized spacial score (nSPS) is 12.2. The van der Waals surface area contributed by atoms with Gasteiger partial charge in [-0.2, -0.15) is 0 Å². The van der Waals surface area contributed by atoms with Gasteiger partial charge in [-0.1, -0.05) is 36.4 Å². The number of hydrogen-bond donors (Lipinski definition) is 1. The SMILES string of the molecule is C/C=C(\C(=O)NCc1ccccc1)S(C)(=O)=O. The van der Waals surface area contributed by atoms with Gasteiger partial charge in [-0.15, -0.1) is 0 Å². The van der Waals surface area contributed by atoms with Gasteiger partial charge in [0, 0.05) is 12.8 Å². The highest BCUT2D eigenvalue weighted by atomic mass is 32.2. The first-order valence-corrected chi connectivity index (χ1v) is 7.03. The summed E-state index contributed by atoms with van der Waals surface area (Å²) in [7, 11) is -3.47. The van der Waals surface area contributed by atoms with E-state index in [2.05, 4.69) is 5.32 Å². The molecular weight excluding hydrogens is 238 g/mol. The Balaban J connectivity index is 2.68. The molecule has 1 rings (SSSR count). The van der Waals surface area contributed by atoms with Crippen LogP contribution in [0.3, 0.4) is 0 Å². The van der Waals surface area contributed by atoms with Gasteiger partial charge in [0.1, 0.15) is 4.91 Å². The van der Waals surface area contributed by atoms with Gasteiger partial charge in [0.15, 0.2) is 9.84 Å². The Morgan fingerprint density at radius 2 is 1.88 bits per heavy atom. The van der Waals surface area contributed by atoms with E-state index in [9.17, 15) is 13.2 Å². The molecule has 92 valence electrons. The van der Waals surface area contributed by atoms with Crippen LogP contribution in [0.2, 0.25) is 0 Å². The Hall–Kier alpha value is -1.62. The maximum atomic E-state index is 11.6. The topological polar surface area (TPSA) is 63.2 Å². The van der Waals surface area contributed by atoms with Gasteiger partial charge in [0.05, 0.1) is 0 Å². The summed E-state index contributed by atoms with van der Waals surface area (Å²) >= 11 is 0. The van der Waals surface area contributed by atoms with Crippen LogP contribution in [0.4, 0.5) is 0 Å². The average molecular weight is 253 g/mol. The molecule has 4 nitrogen and oxygen atoms in total. The molecule has 0 aliphatic heterocycles. The number of carbonyl (C=O) groups is 1. The van der Waals surface area contributed by atoms with E-state index in [0.29, 0.717) is 6.54 Å². The minimum atomic E-state index is -3.47. The molecule has 0 saturated carbocycles. The van der Waals surface area contributed by atoms with E-state index in [4.69, 9.17) is 0 Å². The van der Waals surface area contributed by atoms with Crippen molar-refractivity contribution in [3.63, 3.8) is 0 Å². The lowest BCUT2D eigenvalue weighted by Gasteiger charge is -2.06. The number of carbonyl (C=O) groups excluding carboxylic acids is 1. The molecule has 0 spiro atoms. The van der Waals surface area contributed by atoms with Crippen LogP contribution in [0.5, 0.6) is 0 Å². The van der Waals surface area contributed by atoms with E-state index in [0.717, 1.165) is 11.8 Å². The van der Waals surface area contributed by atoms with E-state index in [1.165, 1.54) is 13.0 Å². The van der Waals surface area contributed by atoms with E-state index < -0.39 is 15.7 Å². The van der Waals surface area contributed by atoms with E-state index in [-0.39, 0.29) is 4.91 Å². The third-order valence-electron chi connectivity index (χ3n) is 2.18. The van der Waals surface area contributed by atoms with Crippen LogP contribution in [0, 0.1) is 0 Å². The fourth-order valence-electron chi connectivity index (χ4n) is 1.38. The fourth-order valence-corrected chi connectivity index (χ4v) is 2.22. The van der Waals surface area contributed by atoms with Gasteiger partial charge in [-0.3, -0.25) is 4.79 Å². The second-order valence-corrected chi connectivity index (χ2v) is 5.58. The van der Waals surface area contributed by atoms with E-state index >= 15 is 0 Å². The van der Waals surface area contributed by atoms with Crippen LogP contribution >= 0.6 is 0 Å². The van der Waals surface area contributed by atoms with Crippen LogP contribution in [0.25, 0.3) is 0 Å². The Bertz CT molecular complexity index is 518. The lowest BCUT2D eigenvalue weighted by atomic mass is 10.2. The largest absolute Gasteiger partial charge is 0.347 e. The molecule has 0 unspecified atom stereocenters. The molecule has 17 heavy (non-hydrogen) atoms. The molecule has 1 amide bonds. The summed E-state index contributed by atoms with van der Waals surface area (Å²) in [5.74, 6) is -0.571. The maximum absolute atomic E-state index is 11.6. The van der Waals surface area contributed by atoms with Crippen molar-refractivity contribution in [3.05, 3.63) is 46.9 Å². The smallest absolute Gasteiger partial charge is 0.262 e. The first-order chi connectivity index (χ1) is 7.95. The second kappa shape index (κ2) is 5.63. The molecule has 1 N–H and O–H groups in total. The predicted molar refractivity (Wildman–Crippen MR) is 66.9 cm³/mol. The van der Waals surface area contributed by atoms with Gasteiger partial charge in [-0.05, 0) is 12.5 Å². The molecule has 0 heterocycles. The zero-order valence-corrected chi connectivity index (χ0v) is 10.6. The van der Waals surface area contributed by atoms with Crippen molar-refractivity contribution < 1.29 is 13.2 Å². The van der Waals surface area contributed by atoms with Gasteiger partial charge >= 0.3 is 0 Å². The van der Waals surface area contributed by atoms with Crippen LogP contribution in [-0.2, 0) is 21.2 Å². The molecule has 5 heteroatoms. The zero-order valence-electron chi connectivity index (χ0n) is 9.80. The highest BCUT2D eigenvalue weighted by molar-refractivity contribution is 7.95. The quantitative estimate of drug-likeness (QED) is 0.821. The third kappa shape index (κ3) is 4.03. The molecule has 1 aromatic rings. The summed E-state index contributed by atoms with van der Waals surface area (Å²) in [4.78, 5) is 11.4. The van der Waals surface area contributed by atoms with Crippen molar-refractivity contribution >= 4 is 15.7 Å². The minimum Gasteiger partial charge on any atom is -0.347 e. The van der Waals surface area contributed by atoms with Crippen LogP contribution in [-0.4, -0.2) is 20.6 Å². The molecule has 0 saturated heterocycles. The zero-order chi connectivity index (χ0) is 12.9. The lowest BCUT2D eigenvalue weighted by Crippen LogP contribution is -2.27. The monoisotopic (exact) mass is 253 g/mol. The molecule has 0 bridgehead atoms. The van der Waals surface area contributed by atoms with Crippen molar-refractivity contribution in [2.45, 2.75) is 13.5 Å². The molecule has 0 radical (unpaired) electrons. The molecule has 0 atom stereocenters. The molecule has 1 aromatic carbocycles. The fraction of sp³-hybridized carbons (Fsp3) is 0.250. The molecule has 0 aliphatic carbocycles. The van der Waals surface area contributed by atoms with Crippen molar-refractivity contribution in [2.24, 2.45) is 0 Å². The van der Waals surface area contributed by atoms with E-state index in [1.807, 2.05) is 30.3 Å². The number of nitrogens with one attached hydrogen (secondary N) is 1. The summed E-state index contributed by atoms with van der Waals surface area (Å²) in [5.41, 5.74) is 0.921. The van der Waals surface area contributed by atoms with Crippen molar-refractivity contribution in [1.29, 1.82) is 0 Å². The molecule has 0 fully saturated rings. The first-order valence-electron chi connectivity index (χ1n) is 5.13. The van der Waals surface area contributed by atoms with Crippen molar-refractivity contribution in [1.82, 2.24) is 5.32 Å². The second-order valence-electron chi connectivity index (χ2n) is 3.59. The lowest BCUT2D eigenvalue weighted by molar-refractivity contribution is -0.117. The third-order valence-corrected chi connectivity index (χ3v) is 3.40. The molecular formula is C12H15NO3S. The van der Waals surface area contributed by atoms with Gasteiger partial charge in [0.2, 0.25) is 0 Å². The summed E-state index contributed by atoms with van der Waals surface area (Å²) < 4.78 is 22.6. The van der Waals surface area contributed by atoms with Crippen molar-refractivity contribution in [2.75, 3.05) is 6.26 Å². The van der Waals surface area contributed by atoms with Crippen molar-refractivity contribution in [3.8, 4) is 0 Å². The van der Waals surface area contributed by atoms with E-state index in [1.54, 1.807) is 0 Å². The van der Waals surface area contributed by atoms with Gasteiger partial charge in [-0.25, -0.2) is 8.42 Å². The number of allylic oxidation sites excluding steroid dienone is 1. The molecule has 0 aliphatic rings. The minimum absolute atomic E-state index is 0.201. The number of sulfone groups is 1. The number of hydrogen-bond acceptors (Lipinski definition) is 3. The highest BCUT2D eigenvalue weighted by Gasteiger charge is 2.18. The molecule has 0 aromatic heterocycles. The number of amides is 1. The standard InChI is InChI=1S/C12H15NO3S/c1-3-11(17(2,15)16)12(14)13-9-10-7-5-4-6-8-10/h3-8H,9H2,1-2H3,(H,13,14)/b11-3+. The van der Waals surface area contributed by atoms with Gasteiger partial charge < -0.3 is 5.32 Å². The summed E-state index contributed by atoms with van der Waals surface area (Å²) in [6.45, 7) is 1.84. The number of rotatable bonds is 4. The van der Waals surface area contributed by atoms with Crippen LogP contribution in [0.15, 0.2) is 41.3 Å². The summed E-state index contributed by atoms with van der Waals surface area (Å²) in [5, 5.41) is 2.57. The maximum Gasteiger partial charge on any atom is 0.262 e. The Kier molecular flexibility index (Phi) is 4.45. The Morgan fingerprint density at radius 1 is 1.29 bits per heavy atom.